The molecule has 4 rings (SSSR count). The minimum atomic E-state index is -0.349. The van der Waals surface area contributed by atoms with E-state index in [-0.39, 0.29) is 17.4 Å². The van der Waals surface area contributed by atoms with Crippen LogP contribution in [0.2, 0.25) is 0 Å². The van der Waals surface area contributed by atoms with Gasteiger partial charge < -0.3 is 15.6 Å². The summed E-state index contributed by atoms with van der Waals surface area (Å²) in [6.07, 6.45) is 5.62. The summed E-state index contributed by atoms with van der Waals surface area (Å²) in [7, 11) is 0. The number of carbonyl (C=O) groups is 1. The average molecular weight is 452 g/mol. The van der Waals surface area contributed by atoms with Crippen molar-refractivity contribution >= 4 is 11.7 Å². The van der Waals surface area contributed by atoms with Gasteiger partial charge in [0.05, 0.1) is 0 Å². The molecule has 34 heavy (non-hydrogen) atoms. The normalized spacial score (nSPS) is 10.1. The van der Waals surface area contributed by atoms with E-state index >= 15 is 0 Å². The van der Waals surface area contributed by atoms with Crippen molar-refractivity contribution in [1.82, 2.24) is 15.3 Å². The summed E-state index contributed by atoms with van der Waals surface area (Å²) in [6, 6.07) is 18.1. The number of hydrogen-bond donors (Lipinski definition) is 3. The zero-order chi connectivity index (χ0) is 23.8. The van der Waals surface area contributed by atoms with Crippen LogP contribution in [0.25, 0.3) is 11.1 Å². The van der Waals surface area contributed by atoms with Crippen molar-refractivity contribution in [3.8, 4) is 23.0 Å². The summed E-state index contributed by atoms with van der Waals surface area (Å²) in [5.74, 6) is 5.87. The van der Waals surface area contributed by atoms with Crippen LogP contribution in [-0.2, 0) is 6.42 Å². The Balaban J connectivity index is 1.50. The van der Waals surface area contributed by atoms with E-state index in [1.165, 1.54) is 18.2 Å². The predicted molar refractivity (Wildman–Crippen MR) is 130 cm³/mol. The van der Waals surface area contributed by atoms with E-state index in [2.05, 4.69) is 32.4 Å². The van der Waals surface area contributed by atoms with Crippen LogP contribution in [0, 0.1) is 17.7 Å². The largest absolute Gasteiger partial charge is 0.338 e. The zero-order valence-corrected chi connectivity index (χ0v) is 18.1. The number of aromatic nitrogens is 2. The van der Waals surface area contributed by atoms with Crippen LogP contribution >= 0.6 is 0 Å². The highest BCUT2D eigenvalue weighted by atomic mass is 19.1. The van der Waals surface area contributed by atoms with E-state index in [9.17, 15) is 14.0 Å². The number of carbonyl (C=O) groups excluding carboxylic acids is 1. The van der Waals surface area contributed by atoms with E-state index in [0.717, 1.165) is 16.7 Å². The van der Waals surface area contributed by atoms with Gasteiger partial charge in [0.2, 0.25) is 5.56 Å². The Morgan fingerprint density at radius 2 is 1.76 bits per heavy atom. The van der Waals surface area contributed by atoms with E-state index in [0.29, 0.717) is 29.8 Å². The first-order valence-electron chi connectivity index (χ1n) is 10.6. The fourth-order valence-electron chi connectivity index (χ4n) is 3.28. The highest BCUT2D eigenvalue weighted by Gasteiger charge is 2.08. The lowest BCUT2D eigenvalue weighted by atomic mass is 10.00. The van der Waals surface area contributed by atoms with Gasteiger partial charge in [-0.3, -0.25) is 9.78 Å². The number of anilines is 1. The molecule has 6 nitrogen and oxygen atoms in total. The van der Waals surface area contributed by atoms with Crippen LogP contribution in [0.1, 0.15) is 16.7 Å². The number of aromatic amines is 1. The third-order valence-electron chi connectivity index (χ3n) is 5.00. The molecule has 7 heteroatoms. The van der Waals surface area contributed by atoms with Gasteiger partial charge in [0, 0.05) is 48.0 Å². The van der Waals surface area contributed by atoms with Crippen molar-refractivity contribution in [3.05, 3.63) is 118 Å². The molecule has 0 spiro atoms. The fourth-order valence-corrected chi connectivity index (χ4v) is 3.28. The number of rotatable bonds is 5. The number of hydrogen-bond acceptors (Lipinski definition) is 3. The number of amides is 2. The maximum absolute atomic E-state index is 13.2. The molecule has 0 fully saturated rings. The van der Waals surface area contributed by atoms with Crippen molar-refractivity contribution in [2.24, 2.45) is 0 Å². The average Bonchev–Trinajstić information content (AvgIpc) is 2.85. The molecule has 3 N–H and O–H groups in total. The summed E-state index contributed by atoms with van der Waals surface area (Å²) in [6.45, 7) is 0.407. The molecule has 0 radical (unpaired) electrons. The summed E-state index contributed by atoms with van der Waals surface area (Å²) in [4.78, 5) is 30.2. The lowest BCUT2D eigenvalue weighted by Gasteiger charge is -2.11. The highest BCUT2D eigenvalue weighted by molar-refractivity contribution is 5.90. The maximum Gasteiger partial charge on any atom is 0.319 e. The van der Waals surface area contributed by atoms with E-state index in [1.54, 1.807) is 48.9 Å². The second-order valence-electron chi connectivity index (χ2n) is 7.45. The smallest absolute Gasteiger partial charge is 0.319 e. The number of nitrogens with zero attached hydrogens (tertiary/aromatic N) is 1. The van der Waals surface area contributed by atoms with Gasteiger partial charge in [-0.1, -0.05) is 24.0 Å². The molecule has 0 aliphatic heterocycles. The molecule has 0 aliphatic rings. The highest BCUT2D eigenvalue weighted by Crippen LogP contribution is 2.25. The van der Waals surface area contributed by atoms with Gasteiger partial charge in [-0.15, -0.1) is 0 Å². The van der Waals surface area contributed by atoms with Crippen LogP contribution in [0.3, 0.4) is 0 Å². The van der Waals surface area contributed by atoms with E-state index < -0.39 is 0 Å². The molecule has 0 saturated heterocycles. The lowest BCUT2D eigenvalue weighted by molar-refractivity contribution is 0.252. The maximum atomic E-state index is 13.2. The van der Waals surface area contributed by atoms with Gasteiger partial charge in [-0.25, -0.2) is 9.18 Å². The standard InChI is InChI=1S/C27H21FN4O2/c28-23-6-2-19(3-7-23)1-5-22-17-24(8-9-25(22)21-12-14-29-15-13-21)32-27(34)30-16-11-20-4-10-26(33)31-18-20/h2-4,6-10,12-15,17-18H,11,16H2,(H,31,33)(H2,30,32,34). The number of H-pyrrole nitrogens is 1. The number of nitrogens with one attached hydrogen (secondary N) is 3. The first-order valence-corrected chi connectivity index (χ1v) is 10.6. The number of halogens is 1. The molecule has 0 atom stereocenters. The van der Waals surface area contributed by atoms with E-state index in [1.807, 2.05) is 18.2 Å². The Kier molecular flexibility index (Phi) is 7.11. The number of urea groups is 1. The second kappa shape index (κ2) is 10.7. The Morgan fingerprint density at radius 3 is 2.50 bits per heavy atom. The minimum Gasteiger partial charge on any atom is -0.338 e. The first kappa shape index (κ1) is 22.5. The summed E-state index contributed by atoms with van der Waals surface area (Å²) < 4.78 is 13.2. The Bertz CT molecular complexity index is 1380. The van der Waals surface area contributed by atoms with E-state index in [4.69, 9.17) is 0 Å². The van der Waals surface area contributed by atoms with Crippen LogP contribution in [0.15, 0.2) is 90.1 Å². The van der Waals surface area contributed by atoms with Gasteiger partial charge in [0.15, 0.2) is 0 Å². The van der Waals surface area contributed by atoms with Gasteiger partial charge >= 0.3 is 6.03 Å². The quantitative estimate of drug-likeness (QED) is 0.394. The van der Waals surface area contributed by atoms with Crippen LogP contribution in [0.4, 0.5) is 14.9 Å². The van der Waals surface area contributed by atoms with Crippen molar-refractivity contribution < 1.29 is 9.18 Å². The Hall–Kier alpha value is -4.70. The molecule has 168 valence electrons. The molecular weight excluding hydrogens is 431 g/mol. The third kappa shape index (κ3) is 6.17. The Labute approximate surface area is 195 Å². The SMILES string of the molecule is O=C(NCCc1ccc(=O)[nH]c1)Nc1ccc(-c2ccncc2)c(C#Cc2ccc(F)cc2)c1. The molecule has 2 heterocycles. The molecule has 2 aromatic carbocycles. The van der Waals surface area contributed by atoms with Crippen molar-refractivity contribution in [2.75, 3.05) is 11.9 Å². The van der Waals surface area contributed by atoms with Crippen LogP contribution in [-0.4, -0.2) is 22.5 Å². The summed E-state index contributed by atoms with van der Waals surface area (Å²) >= 11 is 0. The molecular formula is C27H21FN4O2. The van der Waals surface area contributed by atoms with Crippen molar-refractivity contribution in [3.63, 3.8) is 0 Å². The monoisotopic (exact) mass is 452 g/mol. The van der Waals surface area contributed by atoms with Crippen molar-refractivity contribution in [1.29, 1.82) is 0 Å². The minimum absolute atomic E-state index is 0.164. The molecule has 4 aromatic rings. The second-order valence-corrected chi connectivity index (χ2v) is 7.45. The van der Waals surface area contributed by atoms with Crippen LogP contribution < -0.4 is 16.2 Å². The molecule has 2 aromatic heterocycles. The predicted octanol–water partition coefficient (Wildman–Crippen LogP) is 4.34. The first-order chi connectivity index (χ1) is 16.6. The zero-order valence-electron chi connectivity index (χ0n) is 18.1. The van der Waals surface area contributed by atoms with Crippen LogP contribution in [0.5, 0.6) is 0 Å². The van der Waals surface area contributed by atoms with Crippen molar-refractivity contribution in [2.45, 2.75) is 6.42 Å². The lowest BCUT2D eigenvalue weighted by Crippen LogP contribution is -2.30. The topological polar surface area (TPSA) is 86.9 Å². The number of benzene rings is 2. The number of pyridine rings is 2. The van der Waals surface area contributed by atoms with Gasteiger partial charge in [-0.05, 0) is 71.6 Å². The molecule has 0 aliphatic carbocycles. The molecule has 2 amide bonds. The Morgan fingerprint density at radius 1 is 0.971 bits per heavy atom. The molecule has 0 unspecified atom stereocenters. The fraction of sp³-hybridized carbons (Fsp3) is 0.0741. The molecule has 0 saturated carbocycles. The van der Waals surface area contributed by atoms with Gasteiger partial charge in [0.25, 0.3) is 0 Å². The van der Waals surface area contributed by atoms with Gasteiger partial charge in [0.1, 0.15) is 5.82 Å². The molecule has 0 bridgehead atoms. The van der Waals surface area contributed by atoms with Gasteiger partial charge in [-0.2, -0.15) is 0 Å². The third-order valence-corrected chi connectivity index (χ3v) is 5.00. The summed E-state index contributed by atoms with van der Waals surface area (Å²) in [5, 5.41) is 5.63. The summed E-state index contributed by atoms with van der Waals surface area (Å²) in [5.41, 5.74) is 4.56.